The van der Waals surface area contributed by atoms with E-state index in [1.165, 1.54) is 59.0 Å². The average Bonchev–Trinajstić information content (AvgIpc) is 1.50. The number of nitrogens with one attached hydrogen (secondary N) is 1. The number of aliphatic hydroxyl groups is 3. The van der Waals surface area contributed by atoms with E-state index in [4.69, 9.17) is 121 Å². The molecule has 7 aromatic rings. The number of carbonyl (C=O) groups excluding carboxylic acids is 2. The Labute approximate surface area is 870 Å². The van der Waals surface area contributed by atoms with E-state index in [2.05, 4.69) is 135 Å². The molecule has 1 aliphatic heterocycles. The fourth-order valence-electron chi connectivity index (χ4n) is 6.37. The van der Waals surface area contributed by atoms with Gasteiger partial charge in [0.1, 0.15) is 83.9 Å². The number of hydrogen-bond donors (Lipinski definition) is 11. The molecule has 2 aromatic carbocycles. The number of benzene rings is 2. The van der Waals surface area contributed by atoms with Gasteiger partial charge in [0, 0.05) is 197 Å². The molecule has 622 valence electrons. The van der Waals surface area contributed by atoms with Crippen molar-refractivity contribution in [2.75, 3.05) is 45.1 Å². The molecule has 8 rings (SSSR count). The Morgan fingerprint density at radius 2 is 1.01 bits per heavy atom. The van der Waals surface area contributed by atoms with Crippen LogP contribution in [0.1, 0.15) is 145 Å². The molecule has 5 aromatic heterocycles. The smallest absolute Gasteiger partial charge is 0.502 e. The summed E-state index contributed by atoms with van der Waals surface area (Å²) in [5.41, 5.74) is 35.9. The van der Waals surface area contributed by atoms with Crippen molar-refractivity contribution in [3.63, 3.8) is 0 Å². The van der Waals surface area contributed by atoms with Crippen molar-refractivity contribution in [1.29, 1.82) is 21.0 Å². The minimum absolute atomic E-state index is 0. The van der Waals surface area contributed by atoms with E-state index < -0.39 is 30.2 Å². The molecule has 8 radical (unpaired) electrons. The Kier molecular flexibility index (Phi) is 108. The van der Waals surface area contributed by atoms with E-state index in [-0.39, 0.29) is 189 Å². The number of nitrogens with zero attached hydrogens (tertiary/aromatic N) is 11. The molecule has 1 saturated heterocycles. The van der Waals surface area contributed by atoms with Gasteiger partial charge in [0.25, 0.3) is 5.91 Å². The van der Waals surface area contributed by atoms with Gasteiger partial charge in [0.05, 0.1) is 66.5 Å². The van der Waals surface area contributed by atoms with Gasteiger partial charge < -0.3 is 69.5 Å². The van der Waals surface area contributed by atoms with Gasteiger partial charge in [0.2, 0.25) is 0 Å². The van der Waals surface area contributed by atoms with Gasteiger partial charge in [-0.3, -0.25) is 10.1 Å². The van der Waals surface area contributed by atoms with Gasteiger partial charge in [0.15, 0.2) is 5.76 Å². The largest absolute Gasteiger partial charge is 0.557 e. The van der Waals surface area contributed by atoms with Gasteiger partial charge in [-0.05, 0) is 262 Å². The van der Waals surface area contributed by atoms with Crippen LogP contribution in [0, 0.1) is 105 Å². The maximum Gasteiger partial charge on any atom is 0.557 e. The zero-order valence-corrected chi connectivity index (χ0v) is 91.8. The molecular formula is C65H82Cl2I4N18O10S8V8. The second-order valence-corrected chi connectivity index (χ2v) is 32.0. The number of primary amides is 1. The van der Waals surface area contributed by atoms with Crippen molar-refractivity contribution in [3.8, 4) is 24.3 Å². The number of nitrogen functional groups attached to an aromatic ring is 1. The van der Waals surface area contributed by atoms with Crippen LogP contribution in [-0.4, -0.2) is 104 Å². The van der Waals surface area contributed by atoms with Crippen molar-refractivity contribution in [2.45, 2.75) is 108 Å². The molecule has 0 bridgehead atoms. The van der Waals surface area contributed by atoms with Crippen molar-refractivity contribution in [3.05, 3.63) is 189 Å². The monoisotopic (exact) mass is 2520 g/mol. The van der Waals surface area contributed by atoms with E-state index in [0.717, 1.165) is 95.5 Å². The first-order valence-electron chi connectivity index (χ1n) is 29.2. The standard InChI is InChI=1S/C13H12ClIN2O2S.C8H9ClO.C7H8N2O.C6H8N2S.C5H5IN2OS.C5H3IN2S.C5H4INO2S.C5H5N3S.C5H7N3S.C4H8O.2CH4O.H3N.H2S.8V/c1-7-11(12(15)20-17-7)16-13(18)19-8(2)9-5-3-4-6-10(9)14;1-6(10)7-4-2-3-5-8(7)9;1-5-10-6(2)7(8-3)9-4;1-4(2)5(3-7)6(8)9;1-2-3(5(7)9)4(6)10-8-2;1-3-4(2-7)5(6)9-8-3;1-2-3(5(8)9)4(6)10-7-2;1-3-4(2-6)5(7)9-8-3;1-3(7)4(2-6)5(8)9;1-2-4-5-3-1;2*1-2;;;;;;;;;;/h3-6,8H,1-2H3,(H,16,18);2-6,10H,1H3;5H2,1-2H3;1-2H3,(H2,8,9);1H3,(H2,7,9);1H3;1H3,(H,8,9);7H2,1H3;7H2,1H3,(H2,8,9);1-4H2;2*2H,1H3;1H3;1H2;;;;;;;;/b;;;;;;;;4-3+;;;;;;;;;;;;;/t8-;6-;;;;;;;;;;;;;;;;;;;;/m11..................../s1. The zero-order chi connectivity index (χ0) is 81.8. The van der Waals surface area contributed by atoms with Gasteiger partial charge in [-0.25, -0.2) is 9.59 Å². The number of anilines is 2. The van der Waals surface area contributed by atoms with Gasteiger partial charge in [-0.15, -0.1) is 0 Å². The van der Waals surface area contributed by atoms with E-state index >= 15 is 0 Å². The number of aromatic nitrogens is 5. The van der Waals surface area contributed by atoms with Crippen LogP contribution in [-0.2, 0) is 163 Å². The fourth-order valence-corrected chi connectivity index (χ4v) is 14.0. The van der Waals surface area contributed by atoms with Gasteiger partial charge in [-0.1, -0.05) is 89.6 Å². The number of ether oxygens (including phenoxy) is 3. The third-order valence-corrected chi connectivity index (χ3v) is 20.7. The second-order valence-electron chi connectivity index (χ2n) is 19.2. The van der Waals surface area contributed by atoms with Crippen molar-refractivity contribution in [1.82, 2.24) is 28.0 Å². The first kappa shape index (κ1) is 145. The van der Waals surface area contributed by atoms with Crippen LogP contribution in [0.2, 0.25) is 10.0 Å². The number of aliphatic hydroxyl groups excluding tert-OH is 3. The number of halogens is 6. The summed E-state index contributed by atoms with van der Waals surface area (Å²) in [6.07, 6.45) is 1.14. The maximum absolute atomic E-state index is 11.9. The van der Waals surface area contributed by atoms with Crippen LogP contribution in [0.15, 0.2) is 82.5 Å². The minimum atomic E-state index is -0.893. The number of carboxylic acids is 1. The Bertz CT molecular complexity index is 4050. The maximum atomic E-state index is 11.9. The molecule has 2 amide bonds. The zero-order valence-electron chi connectivity index (χ0n) is 63.8. The molecule has 0 aliphatic carbocycles. The Balaban J connectivity index is -0.0000000822. The molecule has 115 heavy (non-hydrogen) atoms. The Morgan fingerprint density at radius 3 is 1.22 bits per heavy atom. The summed E-state index contributed by atoms with van der Waals surface area (Å²) in [4.78, 5) is 39.2. The summed E-state index contributed by atoms with van der Waals surface area (Å²) < 4.78 is 38.6. The van der Waals surface area contributed by atoms with Crippen LogP contribution in [0.25, 0.3) is 9.69 Å². The average molecular weight is 2520 g/mol. The minimum Gasteiger partial charge on any atom is -0.502 e. The number of carbonyl (C=O) groups is 3. The van der Waals surface area contributed by atoms with Crippen molar-refractivity contribution in [2.24, 2.45) is 22.9 Å². The van der Waals surface area contributed by atoms with Crippen molar-refractivity contribution >= 4 is 248 Å². The van der Waals surface area contributed by atoms with Crippen LogP contribution >= 0.6 is 209 Å². The summed E-state index contributed by atoms with van der Waals surface area (Å²) >= 11 is 35.6. The predicted octanol–water partition coefficient (Wildman–Crippen LogP) is 16.6. The molecule has 1 fully saturated rings. The summed E-state index contributed by atoms with van der Waals surface area (Å²) in [5, 5.41) is 69.8. The Morgan fingerprint density at radius 1 is 0.635 bits per heavy atom. The fraction of sp³-hybridized carbons (Fsp3) is 0.323. The third kappa shape index (κ3) is 61.4. The van der Waals surface area contributed by atoms with E-state index in [0.29, 0.717) is 66.8 Å². The number of allylic oxidation sites excluding steroid dienone is 3. The van der Waals surface area contributed by atoms with Crippen molar-refractivity contribution < 1.29 is 197 Å². The topological polar surface area (TPSA) is 505 Å². The van der Waals surface area contributed by atoms with E-state index in [9.17, 15) is 14.4 Å². The summed E-state index contributed by atoms with van der Waals surface area (Å²) in [5.74, 6) is -0.861. The molecular weight excluding hydrogens is 2440 g/mol. The van der Waals surface area contributed by atoms with Gasteiger partial charge >= 0.3 is 17.9 Å². The van der Waals surface area contributed by atoms with Gasteiger partial charge in [-0.2, -0.15) is 66.1 Å². The summed E-state index contributed by atoms with van der Waals surface area (Å²) in [6.45, 7) is 36.6. The molecule has 28 nitrogen and oxygen atoms in total. The molecule has 0 unspecified atom stereocenters. The first-order valence-corrected chi connectivity index (χ1v) is 38.9. The van der Waals surface area contributed by atoms with E-state index in [1.54, 1.807) is 80.5 Å². The number of hydrogen-bond acceptors (Lipinski definition) is 28. The number of amides is 2. The number of thiocarbonyl (C=S) groups is 2. The quantitative estimate of drug-likeness (QED) is 0.0151. The van der Waals surface area contributed by atoms with Crippen LogP contribution in [0.3, 0.4) is 0 Å². The molecule has 2 atom stereocenters. The summed E-state index contributed by atoms with van der Waals surface area (Å²) in [6, 6.07) is 22.3. The number of rotatable bonds is 10. The van der Waals surface area contributed by atoms with Crippen LogP contribution in [0.5, 0.6) is 0 Å². The van der Waals surface area contributed by atoms with Crippen LogP contribution in [0.4, 0.5) is 15.5 Å². The first-order chi connectivity index (χ1) is 49.4. The van der Waals surface area contributed by atoms with Crippen LogP contribution < -0.4 is 40.1 Å². The summed E-state index contributed by atoms with van der Waals surface area (Å²) in [7, 11) is 2.00. The number of aryl methyl sites for hydroxylation is 5. The Hall–Kier alpha value is -1.53. The predicted molar refractivity (Wildman–Crippen MR) is 476 cm³/mol. The number of nitrogens with two attached hydrogens (primary N) is 5. The number of carboxylic acid groups (broad SMARTS) is 1. The van der Waals surface area contributed by atoms with E-state index in [1.807, 2.05) is 91.9 Å². The molecule has 6 heterocycles. The number of aromatic carboxylic acids is 1. The molecule has 18 N–H and O–H groups in total. The molecule has 0 spiro atoms. The molecule has 0 saturated carbocycles. The number of nitriles is 4. The second kappa shape index (κ2) is 86.0. The molecule has 1 aliphatic rings. The normalized spacial score (nSPS) is 9.61. The molecule has 50 heteroatoms. The SMILES string of the molecule is C/C(N)=C(/C#N)C(N)=S.C1CCOC1.CC(C)=C(C#N)C(N)=S.CO.CO.C[C@@H](O)c1ccccc1Cl.Cc1nsc(I)c1C#N.Cc1nsc(I)c1C(=O)O.Cc1nsc(I)c1C(N)=O.Cc1nsc(I)c1NC(=O)O[C@H](C)c1ccccc1Cl.Cc1nsc(N)c1C#N.N.S.[C-]#[N+]C([N+]#[C-])=C(C)OCC.[V].[V].[V].[V].[V].[V].[V].[V]. The third-order valence-electron chi connectivity index (χ3n) is 11.4.